The monoisotopic (exact) mass is 607 g/mol. The van der Waals surface area contributed by atoms with Crippen molar-refractivity contribution in [3.8, 4) is 11.6 Å². The normalized spacial score (nSPS) is 18.3. The van der Waals surface area contributed by atoms with Crippen LogP contribution in [0.4, 0.5) is 30.8 Å². The van der Waals surface area contributed by atoms with Crippen LogP contribution >= 0.6 is 12.4 Å². The number of benzene rings is 1. The van der Waals surface area contributed by atoms with Gasteiger partial charge >= 0.3 is 12.1 Å². The summed E-state index contributed by atoms with van der Waals surface area (Å²) in [6, 6.07) is 6.69. The van der Waals surface area contributed by atoms with Crippen molar-refractivity contribution in [1.82, 2.24) is 29.5 Å². The number of nitrogens with zero attached hydrogens (tertiary/aromatic N) is 8. The van der Waals surface area contributed by atoms with Crippen LogP contribution in [0.3, 0.4) is 0 Å². The first-order valence-electron chi connectivity index (χ1n) is 13.3. The Balaban J connectivity index is 0.00000353. The molecule has 6 rings (SSSR count). The summed E-state index contributed by atoms with van der Waals surface area (Å²) in [7, 11) is 0. The fourth-order valence-electron chi connectivity index (χ4n) is 5.55. The number of nitrogen functional groups attached to an aromatic ring is 1. The zero-order chi connectivity index (χ0) is 28.7. The molecule has 2 saturated heterocycles. The van der Waals surface area contributed by atoms with Gasteiger partial charge in [0, 0.05) is 51.5 Å². The van der Waals surface area contributed by atoms with E-state index in [1.54, 1.807) is 17.0 Å². The van der Waals surface area contributed by atoms with Crippen LogP contribution in [0.15, 0.2) is 41.0 Å². The highest BCUT2D eigenvalue weighted by Crippen LogP contribution is 2.38. The van der Waals surface area contributed by atoms with Crippen molar-refractivity contribution in [2.75, 3.05) is 61.3 Å². The first-order valence-corrected chi connectivity index (χ1v) is 13.3. The number of aromatic nitrogens is 5. The number of piperazine rings is 1. The summed E-state index contributed by atoms with van der Waals surface area (Å²) in [5.74, 6) is 0.766. The van der Waals surface area contributed by atoms with E-state index in [2.05, 4.69) is 29.9 Å². The standard InChI is InChI=1S/C26H28F3N9O3.ClH/c27-26(28,29)18-13-17(22(39)40)5-6-19(18)36-10-8-35(9-11-36)14-16-3-1-7-37(15-16)24-32-23(30)38-25(33-24)31-21(34-38)20-4-2-12-41-20;/h2,4-6,12-13,16H,1,3,7-11,14-15H2,(H,39,40)(H2,30,31,32,33,34);1H/t16-;/m0./s1. The second-order valence-electron chi connectivity index (χ2n) is 10.3. The molecule has 0 saturated carbocycles. The van der Waals surface area contributed by atoms with Crippen molar-refractivity contribution in [2.45, 2.75) is 19.0 Å². The minimum absolute atomic E-state index is 0. The van der Waals surface area contributed by atoms with E-state index < -0.39 is 17.7 Å². The Morgan fingerprint density at radius 3 is 2.55 bits per heavy atom. The molecule has 2 fully saturated rings. The van der Waals surface area contributed by atoms with Gasteiger partial charge in [-0.2, -0.15) is 32.6 Å². The lowest BCUT2D eigenvalue weighted by molar-refractivity contribution is -0.137. The third-order valence-electron chi connectivity index (χ3n) is 7.54. The largest absolute Gasteiger partial charge is 0.478 e. The van der Waals surface area contributed by atoms with Gasteiger partial charge in [0.15, 0.2) is 5.76 Å². The number of hydrogen-bond donors (Lipinski definition) is 2. The summed E-state index contributed by atoms with van der Waals surface area (Å²) in [4.78, 5) is 30.7. The number of halogens is 4. The van der Waals surface area contributed by atoms with Gasteiger partial charge in [-0.1, -0.05) is 0 Å². The topological polar surface area (TPSA) is 142 Å². The Morgan fingerprint density at radius 2 is 1.86 bits per heavy atom. The number of carboxylic acid groups (broad SMARTS) is 1. The van der Waals surface area contributed by atoms with Crippen molar-refractivity contribution >= 4 is 41.7 Å². The van der Waals surface area contributed by atoms with Crippen molar-refractivity contribution in [3.05, 3.63) is 47.7 Å². The number of anilines is 3. The van der Waals surface area contributed by atoms with E-state index in [0.717, 1.165) is 25.9 Å². The highest BCUT2D eigenvalue weighted by molar-refractivity contribution is 5.88. The molecule has 4 aromatic rings. The quantitative estimate of drug-likeness (QED) is 0.332. The molecular formula is C26H29ClF3N9O3. The van der Waals surface area contributed by atoms with E-state index in [-0.39, 0.29) is 29.6 Å². The van der Waals surface area contributed by atoms with Crippen LogP contribution in [0.2, 0.25) is 0 Å². The van der Waals surface area contributed by atoms with E-state index in [9.17, 15) is 18.0 Å². The van der Waals surface area contributed by atoms with E-state index in [4.69, 9.17) is 15.3 Å². The summed E-state index contributed by atoms with van der Waals surface area (Å²) in [6.07, 6.45) is -1.16. The second kappa shape index (κ2) is 11.6. The molecule has 0 amide bonds. The number of rotatable bonds is 6. The van der Waals surface area contributed by atoms with Gasteiger partial charge in [-0.25, -0.2) is 4.79 Å². The molecule has 1 atom stereocenters. The maximum absolute atomic E-state index is 13.7. The lowest BCUT2D eigenvalue weighted by Crippen LogP contribution is -2.50. The van der Waals surface area contributed by atoms with E-state index >= 15 is 0 Å². The van der Waals surface area contributed by atoms with Crippen molar-refractivity contribution in [1.29, 1.82) is 0 Å². The van der Waals surface area contributed by atoms with Crippen LogP contribution in [0, 0.1) is 5.92 Å². The van der Waals surface area contributed by atoms with Gasteiger partial charge in [0.25, 0.3) is 5.78 Å². The molecule has 42 heavy (non-hydrogen) atoms. The minimum atomic E-state index is -4.65. The number of aromatic carboxylic acids is 1. The van der Waals surface area contributed by atoms with Gasteiger partial charge in [0.1, 0.15) is 0 Å². The van der Waals surface area contributed by atoms with Crippen LogP contribution < -0.4 is 15.5 Å². The number of fused-ring (bicyclic) bond motifs is 1. The minimum Gasteiger partial charge on any atom is -0.478 e. The molecule has 0 bridgehead atoms. The van der Waals surface area contributed by atoms with E-state index in [1.165, 1.54) is 22.9 Å². The zero-order valence-electron chi connectivity index (χ0n) is 22.4. The number of carboxylic acids is 1. The Morgan fingerprint density at radius 1 is 1.07 bits per heavy atom. The van der Waals surface area contributed by atoms with Crippen molar-refractivity contribution < 1.29 is 27.5 Å². The predicted octanol–water partition coefficient (Wildman–Crippen LogP) is 3.54. The maximum atomic E-state index is 13.7. The summed E-state index contributed by atoms with van der Waals surface area (Å²) in [5, 5.41) is 13.5. The fraction of sp³-hybridized carbons (Fsp3) is 0.423. The molecule has 3 N–H and O–H groups in total. The third kappa shape index (κ3) is 5.92. The number of carbonyl (C=O) groups is 1. The Hall–Kier alpha value is -4.11. The number of hydrogen-bond acceptors (Lipinski definition) is 10. The van der Waals surface area contributed by atoms with Crippen molar-refractivity contribution in [3.63, 3.8) is 0 Å². The summed E-state index contributed by atoms with van der Waals surface area (Å²) < 4.78 is 47.9. The second-order valence-corrected chi connectivity index (χ2v) is 10.3. The van der Waals surface area contributed by atoms with E-state index in [1.807, 2.05) is 0 Å². The number of piperidine rings is 1. The van der Waals surface area contributed by atoms with Gasteiger partial charge in [-0.05, 0) is 49.1 Å². The first kappa shape index (κ1) is 29.4. The molecule has 16 heteroatoms. The lowest BCUT2D eigenvalue weighted by atomic mass is 9.97. The van der Waals surface area contributed by atoms with Crippen LogP contribution in [-0.2, 0) is 6.18 Å². The molecule has 12 nitrogen and oxygen atoms in total. The van der Waals surface area contributed by atoms with Gasteiger partial charge in [-0.3, -0.25) is 4.90 Å². The molecule has 2 aliphatic rings. The number of alkyl halides is 3. The Bertz CT molecular complexity index is 1560. The number of nitrogens with two attached hydrogens (primary N) is 1. The molecule has 0 spiro atoms. The molecule has 2 aliphatic heterocycles. The van der Waals surface area contributed by atoms with Gasteiger partial charge in [-0.15, -0.1) is 17.5 Å². The molecule has 1 aromatic carbocycles. The third-order valence-corrected chi connectivity index (χ3v) is 7.54. The number of furan rings is 1. The Kier molecular flexibility index (Phi) is 8.14. The highest BCUT2D eigenvalue weighted by Gasteiger charge is 2.36. The first-order chi connectivity index (χ1) is 19.7. The van der Waals surface area contributed by atoms with Crippen LogP contribution in [0.25, 0.3) is 17.4 Å². The summed E-state index contributed by atoms with van der Waals surface area (Å²) >= 11 is 0. The van der Waals surface area contributed by atoms with Crippen LogP contribution in [0.1, 0.15) is 28.8 Å². The van der Waals surface area contributed by atoms with Gasteiger partial charge in [0.2, 0.25) is 17.7 Å². The van der Waals surface area contributed by atoms with Crippen LogP contribution in [0.5, 0.6) is 0 Å². The maximum Gasteiger partial charge on any atom is 0.418 e. The smallest absolute Gasteiger partial charge is 0.418 e. The van der Waals surface area contributed by atoms with Crippen LogP contribution in [-0.4, -0.2) is 86.4 Å². The average Bonchev–Trinajstić information content (AvgIpc) is 3.64. The molecule has 0 aliphatic carbocycles. The van der Waals surface area contributed by atoms with Crippen molar-refractivity contribution in [2.24, 2.45) is 5.92 Å². The molecule has 3 aromatic heterocycles. The molecular weight excluding hydrogens is 579 g/mol. The molecule has 0 radical (unpaired) electrons. The zero-order valence-corrected chi connectivity index (χ0v) is 23.2. The molecule has 5 heterocycles. The van der Waals surface area contributed by atoms with E-state index in [0.29, 0.717) is 68.0 Å². The predicted molar refractivity (Wildman–Crippen MR) is 150 cm³/mol. The van der Waals surface area contributed by atoms with Gasteiger partial charge in [0.05, 0.1) is 17.4 Å². The fourth-order valence-corrected chi connectivity index (χ4v) is 5.55. The highest BCUT2D eigenvalue weighted by atomic mass is 35.5. The summed E-state index contributed by atoms with van der Waals surface area (Å²) in [6.45, 7) is 4.29. The molecule has 0 unspecified atom stereocenters. The Labute approximate surface area is 244 Å². The average molecular weight is 608 g/mol. The summed E-state index contributed by atoms with van der Waals surface area (Å²) in [5.41, 5.74) is 4.89. The molecule has 224 valence electrons. The lowest BCUT2D eigenvalue weighted by Gasteiger charge is -2.40. The van der Waals surface area contributed by atoms with Gasteiger partial charge < -0.3 is 25.1 Å². The SMILES string of the molecule is Cl.Nc1nc(N2CCC[C@@H](CN3CCN(c4ccc(C(=O)O)cc4C(F)(F)F)CC3)C2)nc2nc(-c3ccco3)nn12.